The van der Waals surface area contributed by atoms with Gasteiger partial charge in [0.15, 0.2) is 0 Å². The molecule has 1 aromatic heterocycles. The lowest BCUT2D eigenvalue weighted by molar-refractivity contribution is -0.0142. The number of halogens is 1. The lowest BCUT2D eigenvalue weighted by atomic mass is 9.75. The van der Waals surface area contributed by atoms with Gasteiger partial charge in [-0.1, -0.05) is 38.1 Å². The standard InChI is InChI=1S/C17H18FN3O/c1-16(2)8-7-14(9-13-3-5-15(18)6-4-13)17(16,22)10-21-12-19-11-20-21/h3-9,11-12,22H,10H2,1-2H3. The number of benzene rings is 1. The molecule has 1 atom stereocenters. The van der Waals surface area contributed by atoms with Gasteiger partial charge in [0.05, 0.1) is 6.54 Å². The van der Waals surface area contributed by atoms with Crippen LogP contribution in [0, 0.1) is 11.2 Å². The van der Waals surface area contributed by atoms with E-state index in [-0.39, 0.29) is 5.82 Å². The highest BCUT2D eigenvalue weighted by Gasteiger charge is 2.48. The second kappa shape index (κ2) is 5.18. The second-order valence-corrected chi connectivity index (χ2v) is 6.16. The summed E-state index contributed by atoms with van der Waals surface area (Å²) in [4.78, 5) is 3.92. The third-order valence-corrected chi connectivity index (χ3v) is 4.27. The topological polar surface area (TPSA) is 50.9 Å². The summed E-state index contributed by atoms with van der Waals surface area (Å²) in [6, 6.07) is 6.20. The predicted octanol–water partition coefficient (Wildman–Crippen LogP) is 2.83. The molecule has 0 bridgehead atoms. The summed E-state index contributed by atoms with van der Waals surface area (Å²) >= 11 is 0. The quantitative estimate of drug-likeness (QED) is 0.948. The summed E-state index contributed by atoms with van der Waals surface area (Å²) in [6.45, 7) is 4.26. The first-order valence-corrected chi connectivity index (χ1v) is 7.12. The molecular formula is C17H18FN3O. The van der Waals surface area contributed by atoms with Crippen LogP contribution in [0.2, 0.25) is 0 Å². The van der Waals surface area contributed by atoms with E-state index in [0.717, 1.165) is 11.1 Å². The van der Waals surface area contributed by atoms with Crippen LogP contribution in [0.15, 0.2) is 54.6 Å². The molecule has 1 N–H and O–H groups in total. The predicted molar refractivity (Wildman–Crippen MR) is 82.3 cm³/mol. The fraction of sp³-hybridized carbons (Fsp3) is 0.294. The summed E-state index contributed by atoms with van der Waals surface area (Å²) in [5.74, 6) is -0.276. The van der Waals surface area contributed by atoms with Crippen LogP contribution in [0.3, 0.4) is 0 Å². The van der Waals surface area contributed by atoms with Crippen molar-refractivity contribution in [1.82, 2.24) is 14.8 Å². The Kier molecular flexibility index (Phi) is 3.45. The number of aliphatic hydroxyl groups is 1. The normalized spacial score (nSPS) is 25.0. The molecule has 0 aliphatic heterocycles. The van der Waals surface area contributed by atoms with Crippen molar-refractivity contribution in [2.24, 2.45) is 5.41 Å². The molecule has 3 rings (SSSR count). The number of rotatable bonds is 3. The number of aromatic nitrogens is 3. The molecule has 0 spiro atoms. The van der Waals surface area contributed by atoms with Crippen molar-refractivity contribution in [3.8, 4) is 0 Å². The summed E-state index contributed by atoms with van der Waals surface area (Å²) in [5.41, 5.74) is 0.0790. The molecule has 0 amide bonds. The Balaban J connectivity index is 1.98. The van der Waals surface area contributed by atoms with Gasteiger partial charge in [-0.25, -0.2) is 14.1 Å². The molecule has 0 saturated carbocycles. The van der Waals surface area contributed by atoms with Crippen LogP contribution in [-0.2, 0) is 6.54 Å². The maximum Gasteiger partial charge on any atom is 0.137 e. The Hall–Kier alpha value is -2.27. The minimum Gasteiger partial charge on any atom is -0.382 e. The Morgan fingerprint density at radius 1 is 1.27 bits per heavy atom. The number of hydrogen-bond donors (Lipinski definition) is 1. The Morgan fingerprint density at radius 2 is 2.00 bits per heavy atom. The number of hydrogen-bond acceptors (Lipinski definition) is 3. The molecule has 0 saturated heterocycles. The lowest BCUT2D eigenvalue weighted by Crippen LogP contribution is -2.45. The smallest absolute Gasteiger partial charge is 0.137 e. The average Bonchev–Trinajstić information content (AvgIpc) is 3.04. The zero-order valence-electron chi connectivity index (χ0n) is 12.6. The van der Waals surface area contributed by atoms with Crippen molar-refractivity contribution in [2.75, 3.05) is 0 Å². The van der Waals surface area contributed by atoms with Crippen molar-refractivity contribution in [2.45, 2.75) is 26.0 Å². The van der Waals surface area contributed by atoms with E-state index in [1.807, 2.05) is 32.1 Å². The highest BCUT2D eigenvalue weighted by molar-refractivity contribution is 5.61. The molecule has 4 nitrogen and oxygen atoms in total. The van der Waals surface area contributed by atoms with E-state index < -0.39 is 11.0 Å². The molecule has 5 heteroatoms. The van der Waals surface area contributed by atoms with Gasteiger partial charge in [-0.05, 0) is 29.3 Å². The molecule has 0 radical (unpaired) electrons. The van der Waals surface area contributed by atoms with Crippen molar-refractivity contribution in [1.29, 1.82) is 0 Å². The first-order chi connectivity index (χ1) is 10.4. The zero-order valence-corrected chi connectivity index (χ0v) is 12.6. The summed E-state index contributed by atoms with van der Waals surface area (Å²) < 4.78 is 14.6. The second-order valence-electron chi connectivity index (χ2n) is 6.16. The van der Waals surface area contributed by atoms with Gasteiger partial charge >= 0.3 is 0 Å². The van der Waals surface area contributed by atoms with E-state index >= 15 is 0 Å². The summed E-state index contributed by atoms with van der Waals surface area (Å²) in [5, 5.41) is 15.4. The largest absolute Gasteiger partial charge is 0.382 e. The van der Waals surface area contributed by atoms with E-state index in [1.54, 1.807) is 23.1 Å². The van der Waals surface area contributed by atoms with E-state index in [2.05, 4.69) is 10.1 Å². The Bertz CT molecular complexity index is 717. The minimum atomic E-state index is -1.10. The Morgan fingerprint density at radius 3 is 2.64 bits per heavy atom. The van der Waals surface area contributed by atoms with Crippen LogP contribution >= 0.6 is 0 Å². The zero-order chi connectivity index (χ0) is 15.8. The van der Waals surface area contributed by atoms with Crippen LogP contribution in [-0.4, -0.2) is 25.5 Å². The fourth-order valence-electron chi connectivity index (χ4n) is 2.70. The first-order valence-electron chi connectivity index (χ1n) is 7.12. The van der Waals surface area contributed by atoms with Crippen LogP contribution in [0.4, 0.5) is 4.39 Å². The molecule has 1 aliphatic carbocycles. The number of nitrogens with zero attached hydrogens (tertiary/aromatic N) is 3. The summed E-state index contributed by atoms with van der Waals surface area (Å²) in [6.07, 6.45) is 8.81. The molecule has 22 heavy (non-hydrogen) atoms. The van der Waals surface area contributed by atoms with Crippen LogP contribution in [0.25, 0.3) is 6.08 Å². The van der Waals surface area contributed by atoms with Gasteiger partial charge in [-0.2, -0.15) is 5.10 Å². The minimum absolute atomic E-state index is 0.276. The molecular weight excluding hydrogens is 281 g/mol. The van der Waals surface area contributed by atoms with Gasteiger partial charge in [0.25, 0.3) is 0 Å². The van der Waals surface area contributed by atoms with Crippen molar-refractivity contribution < 1.29 is 9.50 Å². The Labute approximate surface area is 128 Å². The third-order valence-electron chi connectivity index (χ3n) is 4.27. The fourth-order valence-corrected chi connectivity index (χ4v) is 2.70. The maximum atomic E-state index is 13.0. The molecule has 1 aliphatic rings. The monoisotopic (exact) mass is 299 g/mol. The van der Waals surface area contributed by atoms with Crippen molar-refractivity contribution >= 4 is 6.08 Å². The SMILES string of the molecule is CC1(C)C=CC(=Cc2ccc(F)cc2)C1(O)Cn1cncn1. The highest BCUT2D eigenvalue weighted by atomic mass is 19.1. The van der Waals surface area contributed by atoms with E-state index in [1.165, 1.54) is 18.5 Å². The van der Waals surface area contributed by atoms with E-state index in [4.69, 9.17) is 0 Å². The molecule has 114 valence electrons. The van der Waals surface area contributed by atoms with Crippen molar-refractivity contribution in [3.05, 3.63) is 66.0 Å². The molecule has 1 heterocycles. The van der Waals surface area contributed by atoms with E-state index in [0.29, 0.717) is 6.54 Å². The van der Waals surface area contributed by atoms with E-state index in [9.17, 15) is 9.50 Å². The lowest BCUT2D eigenvalue weighted by Gasteiger charge is -2.37. The first kappa shape index (κ1) is 14.7. The van der Waals surface area contributed by atoms with Crippen LogP contribution in [0.1, 0.15) is 19.4 Å². The van der Waals surface area contributed by atoms with Crippen molar-refractivity contribution in [3.63, 3.8) is 0 Å². The maximum absolute atomic E-state index is 13.0. The average molecular weight is 299 g/mol. The van der Waals surface area contributed by atoms with Crippen LogP contribution in [0.5, 0.6) is 0 Å². The van der Waals surface area contributed by atoms with Gasteiger partial charge < -0.3 is 5.11 Å². The van der Waals surface area contributed by atoms with Gasteiger partial charge in [-0.15, -0.1) is 0 Å². The molecule has 2 aromatic rings. The molecule has 0 fully saturated rings. The summed E-state index contributed by atoms with van der Waals surface area (Å²) in [7, 11) is 0. The highest BCUT2D eigenvalue weighted by Crippen LogP contribution is 2.45. The van der Waals surface area contributed by atoms with Gasteiger partial charge in [-0.3, -0.25) is 0 Å². The molecule has 1 unspecified atom stereocenters. The van der Waals surface area contributed by atoms with Crippen LogP contribution < -0.4 is 0 Å². The van der Waals surface area contributed by atoms with Gasteiger partial charge in [0.1, 0.15) is 24.1 Å². The third kappa shape index (κ3) is 2.48. The van der Waals surface area contributed by atoms with Gasteiger partial charge in [0, 0.05) is 5.41 Å². The van der Waals surface area contributed by atoms with Gasteiger partial charge in [0.2, 0.25) is 0 Å². The molecule has 1 aromatic carbocycles.